The lowest BCUT2D eigenvalue weighted by atomic mass is 10.1. The monoisotopic (exact) mass is 254 g/mol. The molecule has 0 unspecified atom stereocenters. The predicted octanol–water partition coefficient (Wildman–Crippen LogP) is 3.18. The molecule has 1 aromatic rings. The third-order valence-corrected chi connectivity index (χ3v) is 3.77. The molecule has 0 saturated heterocycles. The molecule has 1 rings (SSSR count). The quantitative estimate of drug-likeness (QED) is 0.847. The third-order valence-electron chi connectivity index (χ3n) is 2.37. The summed E-state index contributed by atoms with van der Waals surface area (Å²) in [6, 6.07) is 7.84. The highest BCUT2D eigenvalue weighted by atomic mass is 32.2. The largest absolute Gasteiger partial charge is 0.497 e. The minimum Gasteiger partial charge on any atom is -0.497 e. The molecule has 0 bridgehead atoms. The second kappa shape index (κ2) is 5.96. The van der Waals surface area contributed by atoms with Gasteiger partial charge < -0.3 is 9.84 Å². The molecular weight excluding hydrogens is 236 g/mol. The Labute approximate surface area is 106 Å². The van der Waals surface area contributed by atoms with Gasteiger partial charge in [0.15, 0.2) is 0 Å². The summed E-state index contributed by atoms with van der Waals surface area (Å²) >= 11 is 1.65. The molecule has 0 fully saturated rings. The maximum Gasteiger partial charge on any atom is 0.304 e. The first-order valence-electron chi connectivity index (χ1n) is 5.41. The fraction of sp³-hybridized carbons (Fsp3) is 0.462. The molecule has 0 aliphatic rings. The van der Waals surface area contributed by atoms with Gasteiger partial charge in [0.25, 0.3) is 0 Å². The number of benzene rings is 1. The van der Waals surface area contributed by atoms with Crippen LogP contribution in [0.25, 0.3) is 0 Å². The van der Waals surface area contributed by atoms with Gasteiger partial charge in [0.05, 0.1) is 13.5 Å². The minimum absolute atomic E-state index is 0.174. The van der Waals surface area contributed by atoms with Gasteiger partial charge in [-0.2, -0.15) is 11.8 Å². The van der Waals surface area contributed by atoms with Crippen LogP contribution in [0, 0.1) is 0 Å². The van der Waals surface area contributed by atoms with E-state index >= 15 is 0 Å². The van der Waals surface area contributed by atoms with Crippen LogP contribution in [-0.2, 0) is 10.5 Å². The molecule has 0 spiro atoms. The summed E-state index contributed by atoms with van der Waals surface area (Å²) in [4.78, 5) is 10.7. The van der Waals surface area contributed by atoms with Crippen molar-refractivity contribution in [1.82, 2.24) is 0 Å². The second-order valence-corrected chi connectivity index (χ2v) is 6.15. The molecule has 17 heavy (non-hydrogen) atoms. The minimum atomic E-state index is -0.753. The zero-order valence-corrected chi connectivity index (χ0v) is 11.2. The molecule has 0 heterocycles. The van der Waals surface area contributed by atoms with E-state index in [1.807, 2.05) is 38.1 Å². The van der Waals surface area contributed by atoms with E-state index in [4.69, 9.17) is 9.84 Å². The first kappa shape index (κ1) is 13.9. The van der Waals surface area contributed by atoms with E-state index in [1.165, 1.54) is 5.56 Å². The van der Waals surface area contributed by atoms with Crippen LogP contribution in [0.5, 0.6) is 5.75 Å². The van der Waals surface area contributed by atoms with Gasteiger partial charge in [-0.3, -0.25) is 4.79 Å². The van der Waals surface area contributed by atoms with Gasteiger partial charge >= 0.3 is 5.97 Å². The highest BCUT2D eigenvalue weighted by Crippen LogP contribution is 2.31. The van der Waals surface area contributed by atoms with Crippen molar-refractivity contribution in [3.8, 4) is 5.75 Å². The van der Waals surface area contributed by atoms with Crippen molar-refractivity contribution < 1.29 is 14.6 Å². The number of carboxylic acid groups (broad SMARTS) is 1. The van der Waals surface area contributed by atoms with Crippen LogP contribution in [0.1, 0.15) is 25.8 Å². The molecule has 0 aromatic heterocycles. The first-order valence-corrected chi connectivity index (χ1v) is 6.40. The lowest BCUT2D eigenvalue weighted by Crippen LogP contribution is -2.19. The third kappa shape index (κ3) is 5.13. The van der Waals surface area contributed by atoms with Crippen molar-refractivity contribution in [2.45, 2.75) is 30.8 Å². The molecule has 3 nitrogen and oxygen atoms in total. The number of methoxy groups -OCH3 is 1. The first-order chi connectivity index (χ1) is 7.93. The molecule has 94 valence electrons. The fourth-order valence-electron chi connectivity index (χ4n) is 1.42. The van der Waals surface area contributed by atoms with Crippen molar-refractivity contribution in [2.24, 2.45) is 0 Å². The summed E-state index contributed by atoms with van der Waals surface area (Å²) in [5, 5.41) is 8.78. The topological polar surface area (TPSA) is 46.5 Å². The Balaban J connectivity index is 2.51. The molecule has 0 aliphatic carbocycles. The van der Waals surface area contributed by atoms with Crippen molar-refractivity contribution in [3.05, 3.63) is 29.8 Å². The van der Waals surface area contributed by atoms with Crippen LogP contribution in [-0.4, -0.2) is 22.9 Å². The number of carboxylic acids is 1. The maximum atomic E-state index is 10.7. The van der Waals surface area contributed by atoms with Crippen molar-refractivity contribution in [1.29, 1.82) is 0 Å². The van der Waals surface area contributed by atoms with E-state index in [2.05, 4.69) is 0 Å². The molecular formula is C13H18O3S. The SMILES string of the molecule is COc1ccc(CSC(C)(C)CC(=O)O)cc1. The van der Waals surface area contributed by atoms with Crippen molar-refractivity contribution in [2.75, 3.05) is 7.11 Å². The number of hydrogen-bond acceptors (Lipinski definition) is 3. The Morgan fingerprint density at radius 3 is 2.41 bits per heavy atom. The molecule has 0 atom stereocenters. The van der Waals surface area contributed by atoms with Crippen LogP contribution >= 0.6 is 11.8 Å². The van der Waals surface area contributed by atoms with E-state index in [9.17, 15) is 4.79 Å². The zero-order valence-electron chi connectivity index (χ0n) is 10.4. The van der Waals surface area contributed by atoms with Crippen LogP contribution in [0.2, 0.25) is 0 Å². The van der Waals surface area contributed by atoms with Gasteiger partial charge in [-0.05, 0) is 17.7 Å². The average Bonchev–Trinajstić information content (AvgIpc) is 2.25. The molecule has 0 saturated carbocycles. The standard InChI is InChI=1S/C13H18O3S/c1-13(2,8-12(14)15)17-9-10-4-6-11(16-3)7-5-10/h4-7H,8-9H2,1-3H3,(H,14,15). The summed E-state index contributed by atoms with van der Waals surface area (Å²) in [7, 11) is 1.64. The normalized spacial score (nSPS) is 11.2. The number of hydrogen-bond donors (Lipinski definition) is 1. The lowest BCUT2D eigenvalue weighted by Gasteiger charge is -2.21. The number of ether oxygens (including phenoxy) is 1. The summed E-state index contributed by atoms with van der Waals surface area (Å²) in [5.74, 6) is 0.894. The highest BCUT2D eigenvalue weighted by Gasteiger charge is 2.22. The molecule has 0 aliphatic heterocycles. The molecule has 0 radical (unpaired) electrons. The number of aliphatic carboxylic acids is 1. The zero-order chi connectivity index (χ0) is 12.9. The Morgan fingerprint density at radius 1 is 1.35 bits per heavy atom. The van der Waals surface area contributed by atoms with Gasteiger partial charge in [0.1, 0.15) is 5.75 Å². The van der Waals surface area contributed by atoms with Crippen molar-refractivity contribution >= 4 is 17.7 Å². The van der Waals surface area contributed by atoms with Crippen LogP contribution < -0.4 is 4.74 Å². The summed E-state index contributed by atoms with van der Waals surface area (Å²) in [6.07, 6.45) is 0.174. The van der Waals surface area contributed by atoms with Gasteiger partial charge in [-0.15, -0.1) is 0 Å². The van der Waals surface area contributed by atoms with Gasteiger partial charge in [-0.25, -0.2) is 0 Å². The van der Waals surface area contributed by atoms with Crippen molar-refractivity contribution in [3.63, 3.8) is 0 Å². The summed E-state index contributed by atoms with van der Waals surface area (Å²) in [6.45, 7) is 3.91. The van der Waals surface area contributed by atoms with E-state index < -0.39 is 5.97 Å². The number of rotatable bonds is 6. The highest BCUT2D eigenvalue weighted by molar-refractivity contribution is 7.99. The van der Waals surface area contributed by atoms with E-state index in [-0.39, 0.29) is 11.2 Å². The Morgan fingerprint density at radius 2 is 1.94 bits per heavy atom. The lowest BCUT2D eigenvalue weighted by molar-refractivity contribution is -0.137. The van der Waals surface area contributed by atoms with Crippen LogP contribution in [0.4, 0.5) is 0 Å². The maximum absolute atomic E-state index is 10.7. The van der Waals surface area contributed by atoms with E-state index in [0.29, 0.717) is 0 Å². The number of thioether (sulfide) groups is 1. The fourth-order valence-corrected chi connectivity index (χ4v) is 2.39. The van der Waals surface area contributed by atoms with E-state index in [0.717, 1.165) is 11.5 Å². The molecule has 1 N–H and O–H groups in total. The Hall–Kier alpha value is -1.16. The predicted molar refractivity (Wildman–Crippen MR) is 70.6 cm³/mol. The van der Waals surface area contributed by atoms with Crippen LogP contribution in [0.15, 0.2) is 24.3 Å². The van der Waals surface area contributed by atoms with Gasteiger partial charge in [0.2, 0.25) is 0 Å². The average molecular weight is 254 g/mol. The van der Waals surface area contributed by atoms with Crippen LogP contribution in [0.3, 0.4) is 0 Å². The summed E-state index contributed by atoms with van der Waals surface area (Å²) in [5.41, 5.74) is 1.18. The van der Waals surface area contributed by atoms with Gasteiger partial charge in [-0.1, -0.05) is 26.0 Å². The number of carbonyl (C=O) groups is 1. The molecule has 4 heteroatoms. The summed E-state index contributed by atoms with van der Waals surface area (Å²) < 4.78 is 4.84. The Bertz CT molecular complexity index is 371. The molecule has 0 amide bonds. The smallest absolute Gasteiger partial charge is 0.304 e. The van der Waals surface area contributed by atoms with Gasteiger partial charge in [0, 0.05) is 10.5 Å². The van der Waals surface area contributed by atoms with E-state index in [1.54, 1.807) is 18.9 Å². The Kier molecular flexibility index (Phi) is 4.87. The second-order valence-electron chi connectivity index (χ2n) is 4.47. The molecule has 1 aromatic carbocycles.